The molecule has 0 radical (unpaired) electrons. The fraction of sp³-hybridized carbons (Fsp3) is 0.316. The van der Waals surface area contributed by atoms with Crippen LogP contribution < -0.4 is 5.32 Å². The maximum atomic E-state index is 12.5. The molecular weight excluding hydrogens is 358 g/mol. The van der Waals surface area contributed by atoms with Gasteiger partial charge < -0.3 is 5.32 Å². The molecule has 4 rings (SSSR count). The molecule has 1 N–H and O–H groups in total. The van der Waals surface area contributed by atoms with Gasteiger partial charge in [0.2, 0.25) is 0 Å². The van der Waals surface area contributed by atoms with Gasteiger partial charge in [-0.3, -0.25) is 4.79 Å². The third-order valence-electron chi connectivity index (χ3n) is 4.57. The van der Waals surface area contributed by atoms with Crippen LogP contribution in [0.15, 0.2) is 29.2 Å². The van der Waals surface area contributed by atoms with Crippen molar-refractivity contribution in [3.63, 3.8) is 0 Å². The van der Waals surface area contributed by atoms with Crippen molar-refractivity contribution >= 4 is 46.7 Å². The molecule has 0 saturated heterocycles. The van der Waals surface area contributed by atoms with E-state index in [9.17, 15) is 4.79 Å². The molecule has 2 aromatic rings. The van der Waals surface area contributed by atoms with Crippen molar-refractivity contribution in [3.8, 4) is 0 Å². The van der Waals surface area contributed by atoms with Crippen LogP contribution in [0.1, 0.15) is 39.3 Å². The van der Waals surface area contributed by atoms with E-state index in [4.69, 9.17) is 11.6 Å². The number of carbonyl (C=O) groups is 1. The van der Waals surface area contributed by atoms with E-state index in [1.54, 1.807) is 22.2 Å². The van der Waals surface area contributed by atoms with E-state index in [0.717, 1.165) is 16.2 Å². The van der Waals surface area contributed by atoms with Crippen molar-refractivity contribution in [3.05, 3.63) is 60.6 Å². The lowest BCUT2D eigenvalue weighted by atomic mass is 9.95. The maximum Gasteiger partial charge on any atom is 0.258 e. The van der Waals surface area contributed by atoms with Crippen LogP contribution in [0, 0.1) is 0 Å². The molecule has 1 aromatic heterocycles. The number of rotatable bonds is 3. The third kappa shape index (κ3) is 3.15. The number of carbonyl (C=O) groups excluding carboxylic acids is 1. The number of hydrogen-bond acceptors (Lipinski definition) is 3. The van der Waals surface area contributed by atoms with E-state index in [1.807, 2.05) is 35.6 Å². The Hall–Kier alpha value is -1.23. The van der Waals surface area contributed by atoms with Crippen LogP contribution >= 0.6 is 34.7 Å². The van der Waals surface area contributed by atoms with Crippen molar-refractivity contribution < 1.29 is 4.79 Å². The van der Waals surface area contributed by atoms with Gasteiger partial charge in [0.25, 0.3) is 5.91 Å². The highest BCUT2D eigenvalue weighted by Gasteiger charge is 2.24. The lowest BCUT2D eigenvalue weighted by Crippen LogP contribution is -2.24. The van der Waals surface area contributed by atoms with Gasteiger partial charge in [-0.2, -0.15) is 0 Å². The monoisotopic (exact) mass is 375 g/mol. The quantitative estimate of drug-likeness (QED) is 0.800. The lowest BCUT2D eigenvalue weighted by molar-refractivity contribution is -0.116. The Morgan fingerprint density at radius 1 is 1.17 bits per heavy atom. The van der Waals surface area contributed by atoms with Crippen LogP contribution in [0.25, 0.3) is 6.08 Å². The fourth-order valence-electron chi connectivity index (χ4n) is 3.27. The van der Waals surface area contributed by atoms with Crippen molar-refractivity contribution in [2.24, 2.45) is 0 Å². The molecule has 2 heterocycles. The zero-order chi connectivity index (χ0) is 16.5. The molecule has 1 aliphatic carbocycles. The van der Waals surface area contributed by atoms with Gasteiger partial charge in [0.1, 0.15) is 0 Å². The molecule has 0 bridgehead atoms. The third-order valence-corrected chi connectivity index (χ3v) is 7.26. The predicted molar refractivity (Wildman–Crippen MR) is 104 cm³/mol. The lowest BCUT2D eigenvalue weighted by Gasteiger charge is -2.16. The number of aryl methyl sites for hydroxylation is 1. The molecule has 5 heteroatoms. The topological polar surface area (TPSA) is 29.1 Å². The van der Waals surface area contributed by atoms with Gasteiger partial charge in [0, 0.05) is 27.1 Å². The molecule has 0 spiro atoms. The average Bonchev–Trinajstić information content (AvgIpc) is 2.98. The second kappa shape index (κ2) is 6.95. The predicted octanol–water partition coefficient (Wildman–Crippen LogP) is 5.18. The Balaban J connectivity index is 1.49. The Morgan fingerprint density at radius 3 is 2.88 bits per heavy atom. The zero-order valence-electron chi connectivity index (χ0n) is 13.2. The normalized spacial score (nSPS) is 16.1. The number of thiophene rings is 1. The molecule has 1 amide bonds. The Bertz CT molecular complexity index is 825. The summed E-state index contributed by atoms with van der Waals surface area (Å²) in [7, 11) is 0. The minimum absolute atomic E-state index is 0.00283. The minimum Gasteiger partial charge on any atom is -0.347 e. The van der Waals surface area contributed by atoms with Crippen molar-refractivity contribution in [1.29, 1.82) is 0 Å². The molecule has 0 unspecified atom stereocenters. The fourth-order valence-corrected chi connectivity index (χ4v) is 6.03. The molecule has 124 valence electrons. The summed E-state index contributed by atoms with van der Waals surface area (Å²) in [5.41, 5.74) is 3.99. The molecule has 2 nitrogen and oxygen atoms in total. The van der Waals surface area contributed by atoms with Crippen molar-refractivity contribution in [1.82, 2.24) is 5.32 Å². The maximum absolute atomic E-state index is 12.5. The van der Waals surface area contributed by atoms with E-state index in [-0.39, 0.29) is 5.91 Å². The van der Waals surface area contributed by atoms with Gasteiger partial charge in [-0.1, -0.05) is 29.8 Å². The number of halogens is 1. The van der Waals surface area contributed by atoms with Crippen LogP contribution in [0.5, 0.6) is 0 Å². The minimum atomic E-state index is -0.00283. The molecule has 1 aliphatic heterocycles. The standard InChI is InChI=1S/C19H18ClNOS2/c20-15-7-3-1-5-12(15)10-21-19(22)18-9-17-14(11-23-18)13-6-2-4-8-16(13)24-17/h1,3,5,7,9H,2,4,6,8,10-11H2,(H,21,22). The summed E-state index contributed by atoms with van der Waals surface area (Å²) in [4.78, 5) is 16.1. The molecule has 0 atom stereocenters. The molecule has 24 heavy (non-hydrogen) atoms. The average molecular weight is 376 g/mol. The van der Waals surface area contributed by atoms with Gasteiger partial charge in [0.15, 0.2) is 0 Å². The van der Waals surface area contributed by atoms with Crippen LogP contribution in [0.3, 0.4) is 0 Å². The number of hydrogen-bond donors (Lipinski definition) is 1. The number of amides is 1. The summed E-state index contributed by atoms with van der Waals surface area (Å²) in [6.45, 7) is 0.463. The summed E-state index contributed by atoms with van der Waals surface area (Å²) < 4.78 is 0. The largest absolute Gasteiger partial charge is 0.347 e. The van der Waals surface area contributed by atoms with Gasteiger partial charge in [0.05, 0.1) is 4.91 Å². The first-order valence-corrected chi connectivity index (χ1v) is 10.4. The van der Waals surface area contributed by atoms with Gasteiger partial charge in [-0.05, 0) is 54.5 Å². The SMILES string of the molecule is O=C(NCc1ccccc1Cl)C1=Cc2sc3c(c2CS1)CCCC3. The summed E-state index contributed by atoms with van der Waals surface area (Å²) >= 11 is 9.69. The summed E-state index contributed by atoms with van der Waals surface area (Å²) in [6.07, 6.45) is 7.10. The van der Waals surface area contributed by atoms with Gasteiger partial charge in [-0.15, -0.1) is 23.1 Å². The molecular formula is C19H18ClNOS2. The Morgan fingerprint density at radius 2 is 2.00 bits per heavy atom. The zero-order valence-corrected chi connectivity index (χ0v) is 15.6. The van der Waals surface area contributed by atoms with E-state index in [0.29, 0.717) is 11.6 Å². The highest BCUT2D eigenvalue weighted by Crippen LogP contribution is 2.42. The molecule has 0 fully saturated rings. The number of nitrogens with one attached hydrogen (secondary N) is 1. The van der Waals surface area contributed by atoms with Crippen molar-refractivity contribution in [2.45, 2.75) is 38.0 Å². The van der Waals surface area contributed by atoms with E-state index >= 15 is 0 Å². The van der Waals surface area contributed by atoms with Crippen LogP contribution in [-0.4, -0.2) is 5.91 Å². The number of fused-ring (bicyclic) bond motifs is 3. The molecule has 2 aliphatic rings. The first kappa shape index (κ1) is 16.2. The van der Waals surface area contributed by atoms with Crippen LogP contribution in [-0.2, 0) is 29.9 Å². The Kier molecular flexibility index (Phi) is 4.70. The summed E-state index contributed by atoms with van der Waals surface area (Å²) in [5, 5.41) is 3.69. The smallest absolute Gasteiger partial charge is 0.258 e. The highest BCUT2D eigenvalue weighted by molar-refractivity contribution is 8.03. The van der Waals surface area contributed by atoms with Gasteiger partial charge >= 0.3 is 0 Å². The van der Waals surface area contributed by atoms with Gasteiger partial charge in [-0.25, -0.2) is 0 Å². The van der Waals surface area contributed by atoms with Crippen LogP contribution in [0.4, 0.5) is 0 Å². The molecule has 0 saturated carbocycles. The first-order valence-electron chi connectivity index (χ1n) is 8.22. The first-order chi connectivity index (χ1) is 11.7. The number of benzene rings is 1. The number of thioether (sulfide) groups is 1. The van der Waals surface area contributed by atoms with E-state index in [1.165, 1.54) is 36.1 Å². The van der Waals surface area contributed by atoms with E-state index in [2.05, 4.69) is 11.4 Å². The van der Waals surface area contributed by atoms with E-state index < -0.39 is 0 Å². The summed E-state index contributed by atoms with van der Waals surface area (Å²) in [5.74, 6) is 0.920. The summed E-state index contributed by atoms with van der Waals surface area (Å²) in [6, 6.07) is 7.62. The second-order valence-corrected chi connectivity index (χ2v) is 8.69. The second-order valence-electron chi connectivity index (χ2n) is 6.13. The highest BCUT2D eigenvalue weighted by atomic mass is 35.5. The Labute approximate surface area is 155 Å². The van der Waals surface area contributed by atoms with Crippen LogP contribution in [0.2, 0.25) is 5.02 Å². The van der Waals surface area contributed by atoms with Crippen molar-refractivity contribution in [2.75, 3.05) is 0 Å². The molecule has 1 aromatic carbocycles.